The Morgan fingerprint density at radius 2 is 1.68 bits per heavy atom. The topological polar surface area (TPSA) is 49.6 Å². The molecule has 0 amide bonds. The molecule has 3 nitrogen and oxygen atoms in total. The van der Waals surface area contributed by atoms with Crippen LogP contribution in [0.1, 0.15) is 21.3 Å². The molecular formula is C22H18BrN3S2. The van der Waals surface area contributed by atoms with Crippen molar-refractivity contribution in [1.29, 1.82) is 5.26 Å². The quantitative estimate of drug-likeness (QED) is 0.313. The molecule has 2 aromatic carbocycles. The molecule has 0 aliphatic heterocycles. The second kappa shape index (κ2) is 9.24. The van der Waals surface area contributed by atoms with E-state index in [9.17, 15) is 0 Å². The van der Waals surface area contributed by atoms with Crippen LogP contribution in [0, 0.1) is 32.1 Å². The first kappa shape index (κ1) is 20.4. The molecule has 0 fully saturated rings. The van der Waals surface area contributed by atoms with Crippen LogP contribution in [0.5, 0.6) is 0 Å². The molecule has 4 rings (SSSR count). The van der Waals surface area contributed by atoms with Crippen LogP contribution in [0.25, 0.3) is 20.9 Å². The summed E-state index contributed by atoms with van der Waals surface area (Å²) in [4.78, 5) is 11.0. The fourth-order valence-electron chi connectivity index (χ4n) is 2.64. The summed E-state index contributed by atoms with van der Waals surface area (Å²) in [5.74, 6) is 0. The van der Waals surface area contributed by atoms with E-state index >= 15 is 0 Å². The molecule has 0 N–H and O–H groups in total. The number of hydrogen-bond acceptors (Lipinski definition) is 5. The highest BCUT2D eigenvalue weighted by atomic mass is 79.9. The summed E-state index contributed by atoms with van der Waals surface area (Å²) < 4.78 is 1.11. The third-order valence-electron chi connectivity index (χ3n) is 3.91. The van der Waals surface area contributed by atoms with E-state index in [-0.39, 0.29) is 0 Å². The van der Waals surface area contributed by atoms with Gasteiger partial charge in [-0.1, -0.05) is 40.2 Å². The van der Waals surface area contributed by atoms with Gasteiger partial charge in [-0.15, -0.1) is 22.7 Å². The number of thiazole rings is 2. The molecule has 0 bridgehead atoms. The lowest BCUT2D eigenvalue weighted by Crippen LogP contribution is -1.77. The molecular weight excluding hydrogens is 450 g/mol. The predicted molar refractivity (Wildman–Crippen MR) is 122 cm³/mol. The van der Waals surface area contributed by atoms with E-state index in [0.717, 1.165) is 30.6 Å². The van der Waals surface area contributed by atoms with Crippen LogP contribution in [-0.4, -0.2) is 9.97 Å². The number of halogens is 1. The van der Waals surface area contributed by atoms with Crippen LogP contribution in [0.4, 0.5) is 0 Å². The Balaban J connectivity index is 0.000000161. The minimum Gasteiger partial charge on any atom is -0.249 e. The van der Waals surface area contributed by atoms with Crippen LogP contribution in [-0.2, 0) is 0 Å². The summed E-state index contributed by atoms with van der Waals surface area (Å²) in [7, 11) is 0. The fraction of sp³-hybridized carbons (Fsp3) is 0.136. The summed E-state index contributed by atoms with van der Waals surface area (Å²) in [6, 6.07) is 18.0. The molecule has 6 heteroatoms. The first-order chi connectivity index (χ1) is 13.5. The molecule has 0 saturated heterocycles. The predicted octanol–water partition coefficient (Wildman–Crippen LogP) is 7.18. The van der Waals surface area contributed by atoms with Gasteiger partial charge in [0.2, 0.25) is 0 Å². The van der Waals surface area contributed by atoms with Crippen molar-refractivity contribution in [1.82, 2.24) is 9.97 Å². The zero-order valence-electron chi connectivity index (χ0n) is 15.7. The van der Waals surface area contributed by atoms with Crippen LogP contribution < -0.4 is 0 Å². The lowest BCUT2D eigenvalue weighted by atomic mass is 10.1. The van der Waals surface area contributed by atoms with Crippen molar-refractivity contribution in [3.63, 3.8) is 0 Å². The molecule has 0 aliphatic carbocycles. The average molecular weight is 468 g/mol. The van der Waals surface area contributed by atoms with Gasteiger partial charge in [-0.3, -0.25) is 0 Å². The number of rotatable bonds is 2. The second-order valence-corrected chi connectivity index (χ2v) is 9.44. The van der Waals surface area contributed by atoms with Gasteiger partial charge in [0, 0.05) is 10.7 Å². The van der Waals surface area contributed by atoms with E-state index < -0.39 is 0 Å². The van der Waals surface area contributed by atoms with Crippen molar-refractivity contribution in [2.45, 2.75) is 20.8 Å². The van der Waals surface area contributed by atoms with E-state index in [1.807, 2.05) is 38.2 Å². The number of nitrogens with zero attached hydrogens (tertiary/aromatic N) is 3. The standard InChI is InChI=1S/C11H10BrNS.C11H8N2S/c1-7-11(14-8(2)13-7)9-3-5-10(12)6-4-9;1-8-13-7-11(14-8)10-4-2-3-9(5-10)6-12/h3-6H,1-2H3;2-5,7H,1H3. The second-order valence-electron chi connectivity index (χ2n) is 6.09. The molecule has 0 unspecified atom stereocenters. The van der Waals surface area contributed by atoms with Gasteiger partial charge in [-0.05, 0) is 56.2 Å². The molecule has 4 aromatic rings. The minimum absolute atomic E-state index is 0.688. The van der Waals surface area contributed by atoms with Crippen molar-refractivity contribution < 1.29 is 0 Å². The van der Waals surface area contributed by atoms with E-state index in [1.165, 1.54) is 10.4 Å². The smallest absolute Gasteiger partial charge is 0.0991 e. The van der Waals surface area contributed by atoms with Crippen molar-refractivity contribution >= 4 is 38.6 Å². The zero-order valence-corrected chi connectivity index (χ0v) is 19.0. The van der Waals surface area contributed by atoms with Crippen molar-refractivity contribution in [3.05, 3.63) is 80.5 Å². The Morgan fingerprint density at radius 1 is 0.929 bits per heavy atom. The van der Waals surface area contributed by atoms with E-state index in [1.54, 1.807) is 28.7 Å². The summed E-state index contributed by atoms with van der Waals surface area (Å²) in [6.45, 7) is 6.07. The molecule has 0 radical (unpaired) electrons. The third-order valence-corrected chi connectivity index (χ3v) is 6.52. The lowest BCUT2D eigenvalue weighted by Gasteiger charge is -1.98. The summed E-state index contributed by atoms with van der Waals surface area (Å²) in [6.07, 6.45) is 1.84. The molecule has 0 saturated carbocycles. The van der Waals surface area contributed by atoms with Crippen LogP contribution in [0.15, 0.2) is 59.2 Å². The first-order valence-corrected chi connectivity index (χ1v) is 11.0. The largest absolute Gasteiger partial charge is 0.249 e. The molecule has 0 atom stereocenters. The van der Waals surface area contributed by atoms with E-state index in [0.29, 0.717) is 5.56 Å². The van der Waals surface area contributed by atoms with Gasteiger partial charge < -0.3 is 0 Å². The maximum atomic E-state index is 8.75. The average Bonchev–Trinajstić information content (AvgIpc) is 3.28. The molecule has 140 valence electrons. The number of benzene rings is 2. The van der Waals surface area contributed by atoms with E-state index in [4.69, 9.17) is 5.26 Å². The maximum Gasteiger partial charge on any atom is 0.0991 e. The molecule has 28 heavy (non-hydrogen) atoms. The minimum atomic E-state index is 0.688. The van der Waals surface area contributed by atoms with Crippen LogP contribution in [0.2, 0.25) is 0 Å². The SMILES string of the molecule is Cc1nc(C)c(-c2ccc(Br)cc2)s1.Cc1ncc(-c2cccc(C#N)c2)s1. The number of aromatic nitrogens is 2. The molecule has 2 heterocycles. The monoisotopic (exact) mass is 467 g/mol. The van der Waals surface area contributed by atoms with Gasteiger partial charge in [0.15, 0.2) is 0 Å². The zero-order chi connectivity index (χ0) is 20.1. The summed E-state index contributed by atoms with van der Waals surface area (Å²) >= 11 is 6.82. The van der Waals surface area contributed by atoms with Gasteiger partial charge in [0.25, 0.3) is 0 Å². The van der Waals surface area contributed by atoms with Crippen molar-refractivity contribution in [3.8, 4) is 27.0 Å². The van der Waals surface area contributed by atoms with Gasteiger partial charge in [-0.2, -0.15) is 5.26 Å². The summed E-state index contributed by atoms with van der Waals surface area (Å²) in [5, 5.41) is 10.9. The van der Waals surface area contributed by atoms with Crippen molar-refractivity contribution in [2.75, 3.05) is 0 Å². The van der Waals surface area contributed by atoms with Crippen molar-refractivity contribution in [2.24, 2.45) is 0 Å². The van der Waals surface area contributed by atoms with Gasteiger partial charge >= 0.3 is 0 Å². The first-order valence-electron chi connectivity index (χ1n) is 8.59. The Labute approximate surface area is 181 Å². The number of aryl methyl sites for hydroxylation is 3. The maximum absolute atomic E-state index is 8.75. The van der Waals surface area contributed by atoms with Gasteiger partial charge in [0.1, 0.15) is 0 Å². The highest BCUT2D eigenvalue weighted by molar-refractivity contribution is 9.10. The fourth-order valence-corrected chi connectivity index (χ4v) is 4.60. The van der Waals surface area contributed by atoms with Gasteiger partial charge in [-0.25, -0.2) is 9.97 Å². The molecule has 0 spiro atoms. The molecule has 0 aliphatic rings. The Bertz CT molecular complexity index is 1120. The Kier molecular flexibility index (Phi) is 6.74. The molecule has 2 aromatic heterocycles. The third kappa shape index (κ3) is 5.14. The van der Waals surface area contributed by atoms with Crippen LogP contribution in [0.3, 0.4) is 0 Å². The van der Waals surface area contributed by atoms with Crippen LogP contribution >= 0.6 is 38.6 Å². The number of hydrogen-bond donors (Lipinski definition) is 0. The van der Waals surface area contributed by atoms with Gasteiger partial charge in [0.05, 0.1) is 37.1 Å². The lowest BCUT2D eigenvalue weighted by molar-refractivity contribution is 1.20. The number of nitriles is 1. The normalized spacial score (nSPS) is 10.1. The highest BCUT2D eigenvalue weighted by Crippen LogP contribution is 2.30. The Morgan fingerprint density at radius 3 is 2.25 bits per heavy atom. The van der Waals surface area contributed by atoms with E-state index in [2.05, 4.69) is 63.2 Å². The Hall–Kier alpha value is -2.33. The summed E-state index contributed by atoms with van der Waals surface area (Å²) in [5.41, 5.74) is 4.12. The highest BCUT2D eigenvalue weighted by Gasteiger charge is 2.06.